The summed E-state index contributed by atoms with van der Waals surface area (Å²) in [4.78, 5) is 2.36. The molecule has 2 rings (SSSR count). The Balaban J connectivity index is 1.75. The van der Waals surface area contributed by atoms with Crippen LogP contribution in [0.1, 0.15) is 38.2 Å². The van der Waals surface area contributed by atoms with Crippen LogP contribution in [0, 0.1) is 12.8 Å². The van der Waals surface area contributed by atoms with E-state index in [1.165, 1.54) is 36.9 Å². The molecule has 1 N–H and O–H groups in total. The number of nitrogens with zero attached hydrogens (tertiary/aromatic N) is 1. The van der Waals surface area contributed by atoms with Gasteiger partial charge in [0.2, 0.25) is 0 Å². The summed E-state index contributed by atoms with van der Waals surface area (Å²) in [6.07, 6.45) is 5.53. The van der Waals surface area contributed by atoms with E-state index in [4.69, 9.17) is 0 Å². The van der Waals surface area contributed by atoms with Crippen LogP contribution in [-0.2, 0) is 0 Å². The van der Waals surface area contributed by atoms with Crippen LogP contribution in [0.4, 0.5) is 5.69 Å². The van der Waals surface area contributed by atoms with Gasteiger partial charge in [0.1, 0.15) is 0 Å². The van der Waals surface area contributed by atoms with Gasteiger partial charge in [-0.1, -0.05) is 38.0 Å². The van der Waals surface area contributed by atoms with Gasteiger partial charge in [0.25, 0.3) is 0 Å². The summed E-state index contributed by atoms with van der Waals surface area (Å²) in [5.74, 6) is 0.903. The molecule has 2 unspecified atom stereocenters. The maximum absolute atomic E-state index is 3.73. The maximum Gasteiger partial charge on any atom is 0.0393 e. The lowest BCUT2D eigenvalue weighted by Crippen LogP contribution is -2.38. The Morgan fingerprint density at radius 2 is 2.05 bits per heavy atom. The third-order valence-corrected chi connectivity index (χ3v) is 4.34. The zero-order chi connectivity index (χ0) is 13.7. The fraction of sp³-hybridized carbons (Fsp3) is 0.647. The Hall–Kier alpha value is -1.02. The first kappa shape index (κ1) is 14.4. The molecule has 0 radical (unpaired) electrons. The number of likely N-dealkylation sites (N-methyl/N-ethyl adjacent to an activating group) is 1. The Morgan fingerprint density at radius 3 is 2.79 bits per heavy atom. The van der Waals surface area contributed by atoms with Crippen molar-refractivity contribution >= 4 is 5.69 Å². The Morgan fingerprint density at radius 1 is 1.26 bits per heavy atom. The average molecular weight is 260 g/mol. The lowest BCUT2D eigenvalue weighted by molar-refractivity contribution is 0.303. The first-order chi connectivity index (χ1) is 9.16. The molecule has 1 fully saturated rings. The summed E-state index contributed by atoms with van der Waals surface area (Å²) in [6, 6.07) is 9.36. The van der Waals surface area contributed by atoms with Gasteiger partial charge in [0.15, 0.2) is 0 Å². The molecule has 106 valence electrons. The van der Waals surface area contributed by atoms with E-state index in [1.54, 1.807) is 0 Å². The highest BCUT2D eigenvalue weighted by atomic mass is 15.1. The first-order valence-corrected chi connectivity index (χ1v) is 7.67. The second-order valence-electron chi connectivity index (χ2n) is 6.13. The van der Waals surface area contributed by atoms with Crippen LogP contribution in [0.25, 0.3) is 0 Å². The summed E-state index contributed by atoms with van der Waals surface area (Å²) in [5, 5.41) is 3.73. The molecule has 0 spiro atoms. The minimum absolute atomic E-state index is 0.744. The van der Waals surface area contributed by atoms with Crippen molar-refractivity contribution in [3.63, 3.8) is 0 Å². The largest absolute Gasteiger partial charge is 0.373 e. The lowest BCUT2D eigenvalue weighted by Gasteiger charge is -2.29. The molecule has 1 aromatic rings. The summed E-state index contributed by atoms with van der Waals surface area (Å²) in [7, 11) is 2.19. The van der Waals surface area contributed by atoms with E-state index in [1.807, 2.05) is 0 Å². The quantitative estimate of drug-likeness (QED) is 0.870. The zero-order valence-electron chi connectivity index (χ0n) is 12.7. The van der Waals surface area contributed by atoms with Crippen molar-refractivity contribution in [1.82, 2.24) is 5.32 Å². The van der Waals surface area contributed by atoms with E-state index in [9.17, 15) is 0 Å². The number of para-hydroxylation sites is 1. The molecule has 19 heavy (non-hydrogen) atoms. The minimum Gasteiger partial charge on any atom is -0.373 e. The lowest BCUT2D eigenvalue weighted by atomic mass is 9.87. The number of rotatable bonds is 5. The molecule has 0 aromatic heterocycles. The number of aryl methyl sites for hydroxylation is 1. The van der Waals surface area contributed by atoms with Crippen LogP contribution in [0.15, 0.2) is 24.3 Å². The minimum atomic E-state index is 0.744. The van der Waals surface area contributed by atoms with Crippen molar-refractivity contribution in [2.75, 3.05) is 25.0 Å². The highest BCUT2D eigenvalue weighted by molar-refractivity contribution is 5.52. The van der Waals surface area contributed by atoms with Gasteiger partial charge in [-0.2, -0.15) is 0 Å². The Labute approximate surface area is 118 Å². The fourth-order valence-corrected chi connectivity index (χ4v) is 3.17. The topological polar surface area (TPSA) is 15.3 Å². The molecule has 0 bridgehead atoms. The number of benzene rings is 1. The fourth-order valence-electron chi connectivity index (χ4n) is 3.17. The van der Waals surface area contributed by atoms with Gasteiger partial charge >= 0.3 is 0 Å². The summed E-state index contributed by atoms with van der Waals surface area (Å²) in [5.41, 5.74) is 2.71. The predicted octanol–water partition coefficient (Wildman–Crippen LogP) is 3.60. The normalized spacial score (nSPS) is 23.3. The second-order valence-corrected chi connectivity index (χ2v) is 6.13. The van der Waals surface area contributed by atoms with E-state index in [0.717, 1.165) is 25.0 Å². The molecule has 2 atom stereocenters. The Bertz CT molecular complexity index is 389. The number of hydrogen-bond acceptors (Lipinski definition) is 2. The molecular formula is C17H28N2. The Kier molecular flexibility index (Phi) is 5.26. The van der Waals surface area contributed by atoms with Crippen LogP contribution in [0.3, 0.4) is 0 Å². The van der Waals surface area contributed by atoms with Gasteiger partial charge in [-0.25, -0.2) is 0 Å². The molecule has 1 aliphatic rings. The van der Waals surface area contributed by atoms with Gasteiger partial charge in [0, 0.05) is 31.9 Å². The molecule has 0 aliphatic heterocycles. The van der Waals surface area contributed by atoms with E-state index in [2.05, 4.69) is 55.4 Å². The van der Waals surface area contributed by atoms with Gasteiger partial charge in [-0.3, -0.25) is 0 Å². The molecular weight excluding hydrogens is 232 g/mol. The molecule has 2 nitrogen and oxygen atoms in total. The predicted molar refractivity (Wildman–Crippen MR) is 83.9 cm³/mol. The second kappa shape index (κ2) is 6.95. The van der Waals surface area contributed by atoms with Gasteiger partial charge in [0.05, 0.1) is 0 Å². The first-order valence-electron chi connectivity index (χ1n) is 7.67. The molecule has 1 aromatic carbocycles. The van der Waals surface area contributed by atoms with Gasteiger partial charge in [-0.05, 0) is 37.3 Å². The molecule has 0 heterocycles. The van der Waals surface area contributed by atoms with Crippen LogP contribution < -0.4 is 10.2 Å². The number of hydrogen-bond donors (Lipinski definition) is 1. The molecule has 0 amide bonds. The number of anilines is 1. The third kappa shape index (κ3) is 4.24. The molecule has 2 heteroatoms. The summed E-state index contributed by atoms with van der Waals surface area (Å²) >= 11 is 0. The van der Waals surface area contributed by atoms with Crippen molar-refractivity contribution in [3.8, 4) is 0 Å². The van der Waals surface area contributed by atoms with Crippen LogP contribution >= 0.6 is 0 Å². The standard InChI is InChI=1S/C17H28N2/c1-14-7-6-9-16(13-14)18-11-12-19(3)17-10-5-4-8-15(17)2/h4-5,8,10,14,16,18H,6-7,9,11-13H2,1-3H3. The van der Waals surface area contributed by atoms with E-state index in [0.29, 0.717) is 0 Å². The maximum atomic E-state index is 3.73. The van der Waals surface area contributed by atoms with Crippen molar-refractivity contribution in [1.29, 1.82) is 0 Å². The molecule has 1 saturated carbocycles. The zero-order valence-corrected chi connectivity index (χ0v) is 12.7. The van der Waals surface area contributed by atoms with E-state index < -0.39 is 0 Å². The van der Waals surface area contributed by atoms with Gasteiger partial charge in [-0.15, -0.1) is 0 Å². The summed E-state index contributed by atoms with van der Waals surface area (Å²) < 4.78 is 0. The highest BCUT2D eigenvalue weighted by Gasteiger charge is 2.18. The monoisotopic (exact) mass is 260 g/mol. The van der Waals surface area contributed by atoms with Crippen LogP contribution in [0.2, 0.25) is 0 Å². The summed E-state index contributed by atoms with van der Waals surface area (Å²) in [6.45, 7) is 6.73. The smallest absolute Gasteiger partial charge is 0.0393 e. The SMILES string of the molecule is Cc1ccccc1N(C)CCNC1CCCC(C)C1. The molecule has 1 aliphatic carbocycles. The van der Waals surface area contributed by atoms with Crippen molar-refractivity contribution in [2.24, 2.45) is 5.92 Å². The van der Waals surface area contributed by atoms with Crippen molar-refractivity contribution in [3.05, 3.63) is 29.8 Å². The van der Waals surface area contributed by atoms with Gasteiger partial charge < -0.3 is 10.2 Å². The highest BCUT2D eigenvalue weighted by Crippen LogP contribution is 2.23. The van der Waals surface area contributed by atoms with E-state index in [-0.39, 0.29) is 0 Å². The average Bonchev–Trinajstić information content (AvgIpc) is 2.39. The van der Waals surface area contributed by atoms with Crippen LogP contribution in [-0.4, -0.2) is 26.2 Å². The van der Waals surface area contributed by atoms with Crippen molar-refractivity contribution in [2.45, 2.75) is 45.6 Å². The molecule has 0 saturated heterocycles. The van der Waals surface area contributed by atoms with Crippen LogP contribution in [0.5, 0.6) is 0 Å². The number of nitrogens with one attached hydrogen (secondary N) is 1. The third-order valence-electron chi connectivity index (χ3n) is 4.34. The van der Waals surface area contributed by atoms with E-state index >= 15 is 0 Å². The van der Waals surface area contributed by atoms with Crippen molar-refractivity contribution < 1.29 is 0 Å².